The summed E-state index contributed by atoms with van der Waals surface area (Å²) < 4.78 is 24.9. The fraction of sp³-hybridized carbons (Fsp3) is 0.520. The SMILES string of the molecule is CCCCC(CC)COC(=O)c1ccc2c3ccc4c5c(ccc(c6ccc(C(=O)OCC(CC)CCCC)c1c26)c53)C(=O)N(CCCCCCP(=O)(CC)CC)C4=O. The molecule has 2 amide bonds. The standard InChI is InChI=1S/C50H64NO7P/c1-7-13-19-33(9-3)31-57-49(54)41-27-23-37-35-21-25-39-45-40(48(53)51(47(39)52)29-17-15-16-18-30-59(56,11-5)12-6)26-22-36(43(35)45)38-24-28-42(46(41)44(37)38)50(55)58-32-34(10-4)20-14-8-2/h21-28,33-34H,7-20,29-32H2,1-6H3. The molecule has 0 saturated heterocycles. The Morgan fingerprint density at radius 2 is 1.00 bits per heavy atom. The van der Waals surface area contributed by atoms with Crippen LogP contribution in [0.15, 0.2) is 48.5 Å². The van der Waals surface area contributed by atoms with Crippen LogP contribution in [0.5, 0.6) is 0 Å². The van der Waals surface area contributed by atoms with Crippen molar-refractivity contribution in [3.05, 3.63) is 70.8 Å². The number of carbonyl (C=O) groups excluding carboxylic acids is 4. The number of hydrogen-bond acceptors (Lipinski definition) is 7. The highest BCUT2D eigenvalue weighted by Crippen LogP contribution is 2.47. The lowest BCUT2D eigenvalue weighted by Gasteiger charge is -2.28. The Hall–Kier alpha value is -4.29. The van der Waals surface area contributed by atoms with Crippen LogP contribution in [0.3, 0.4) is 0 Å². The summed E-state index contributed by atoms with van der Waals surface area (Å²) in [4.78, 5) is 57.7. The Bertz CT molecular complexity index is 2220. The number of nitrogens with zero attached hydrogens (tertiary/aromatic N) is 1. The first-order valence-electron chi connectivity index (χ1n) is 22.5. The van der Waals surface area contributed by atoms with E-state index in [1.165, 1.54) is 4.90 Å². The van der Waals surface area contributed by atoms with Crippen molar-refractivity contribution in [1.29, 1.82) is 0 Å². The lowest BCUT2D eigenvalue weighted by molar-refractivity contribution is 0.0429. The highest BCUT2D eigenvalue weighted by Gasteiger charge is 2.34. The zero-order valence-corrected chi connectivity index (χ0v) is 37.1. The molecule has 5 aromatic carbocycles. The molecule has 0 radical (unpaired) electrons. The van der Waals surface area contributed by atoms with Gasteiger partial charge in [0.05, 0.1) is 31.5 Å². The van der Waals surface area contributed by atoms with E-state index in [1.54, 1.807) is 12.1 Å². The van der Waals surface area contributed by atoms with Gasteiger partial charge in [-0.1, -0.05) is 117 Å². The van der Waals surface area contributed by atoms with Gasteiger partial charge in [0.1, 0.15) is 0 Å². The Morgan fingerprint density at radius 1 is 0.559 bits per heavy atom. The molecule has 0 saturated carbocycles. The fourth-order valence-corrected chi connectivity index (χ4v) is 11.0. The maximum Gasteiger partial charge on any atom is 0.338 e. The quantitative estimate of drug-likeness (QED) is 0.0161. The topological polar surface area (TPSA) is 107 Å². The summed E-state index contributed by atoms with van der Waals surface area (Å²) in [5.74, 6) is -1.03. The normalized spacial score (nSPS) is 14.2. The van der Waals surface area contributed by atoms with E-state index in [9.17, 15) is 23.7 Å². The third-order valence-electron chi connectivity index (χ3n) is 13.1. The second-order valence-corrected chi connectivity index (χ2v) is 20.6. The molecule has 0 aromatic heterocycles. The number of carbonyl (C=O) groups is 4. The van der Waals surface area contributed by atoms with E-state index in [0.29, 0.717) is 59.2 Å². The van der Waals surface area contributed by atoms with E-state index >= 15 is 0 Å². The average Bonchev–Trinajstić information content (AvgIpc) is 3.26. The summed E-state index contributed by atoms with van der Waals surface area (Å²) in [6.07, 6.45) is 13.6. The Labute approximate surface area is 350 Å². The first-order valence-corrected chi connectivity index (χ1v) is 24.8. The van der Waals surface area contributed by atoms with Crippen LogP contribution in [-0.2, 0) is 14.0 Å². The first-order chi connectivity index (χ1) is 28.6. The van der Waals surface area contributed by atoms with E-state index in [2.05, 4.69) is 27.7 Å². The van der Waals surface area contributed by atoms with E-state index in [4.69, 9.17) is 9.47 Å². The summed E-state index contributed by atoms with van der Waals surface area (Å²) in [6, 6.07) is 14.9. The van der Waals surface area contributed by atoms with Gasteiger partial charge in [-0.25, -0.2) is 9.59 Å². The number of hydrogen-bond donors (Lipinski definition) is 0. The highest BCUT2D eigenvalue weighted by atomic mass is 31.2. The van der Waals surface area contributed by atoms with E-state index < -0.39 is 19.1 Å². The monoisotopic (exact) mass is 821 g/mol. The van der Waals surface area contributed by atoms with Crippen LogP contribution in [0.25, 0.3) is 43.1 Å². The van der Waals surface area contributed by atoms with Crippen molar-refractivity contribution in [2.24, 2.45) is 11.8 Å². The largest absolute Gasteiger partial charge is 0.462 e. The van der Waals surface area contributed by atoms with Crippen molar-refractivity contribution >= 4 is 74.0 Å². The number of ether oxygens (including phenoxy) is 2. The lowest BCUT2D eigenvalue weighted by atomic mass is 9.83. The van der Waals surface area contributed by atoms with Crippen LogP contribution in [0.1, 0.15) is 160 Å². The summed E-state index contributed by atoms with van der Waals surface area (Å²) in [7, 11) is -2.07. The smallest absolute Gasteiger partial charge is 0.338 e. The van der Waals surface area contributed by atoms with E-state index in [0.717, 1.165) is 121 Å². The molecular formula is C50H64NO7P. The average molecular weight is 822 g/mol. The molecule has 9 heteroatoms. The predicted molar refractivity (Wildman–Crippen MR) is 242 cm³/mol. The Kier molecular flexibility index (Phi) is 14.9. The second kappa shape index (κ2) is 19.8. The molecule has 316 valence electrons. The highest BCUT2D eigenvalue weighted by molar-refractivity contribution is 7.63. The van der Waals surface area contributed by atoms with Gasteiger partial charge in [0.15, 0.2) is 0 Å². The molecule has 8 nitrogen and oxygen atoms in total. The van der Waals surface area contributed by atoms with Gasteiger partial charge < -0.3 is 14.0 Å². The van der Waals surface area contributed by atoms with E-state index in [-0.39, 0.29) is 23.7 Å². The molecule has 0 aliphatic carbocycles. The van der Waals surface area contributed by atoms with Crippen molar-refractivity contribution in [1.82, 2.24) is 4.90 Å². The number of esters is 2. The fourth-order valence-electron chi connectivity index (χ4n) is 9.07. The minimum atomic E-state index is -2.07. The zero-order valence-electron chi connectivity index (χ0n) is 36.3. The van der Waals surface area contributed by atoms with Gasteiger partial charge >= 0.3 is 11.9 Å². The summed E-state index contributed by atoms with van der Waals surface area (Å²) in [5, 5.41) is 6.03. The van der Waals surface area contributed by atoms with Gasteiger partial charge in [-0.2, -0.15) is 0 Å². The van der Waals surface area contributed by atoms with Gasteiger partial charge in [-0.15, -0.1) is 0 Å². The number of fused-ring (bicyclic) bond motifs is 2. The lowest BCUT2D eigenvalue weighted by Crippen LogP contribution is -2.40. The van der Waals surface area contributed by atoms with Crippen LogP contribution in [0, 0.1) is 11.8 Å². The number of rotatable bonds is 23. The Balaban J connectivity index is 1.39. The molecule has 2 atom stereocenters. The van der Waals surface area contributed by atoms with Crippen molar-refractivity contribution in [2.45, 2.75) is 119 Å². The number of unbranched alkanes of at least 4 members (excludes halogenated alkanes) is 5. The van der Waals surface area contributed by atoms with E-state index in [1.807, 2.05) is 50.2 Å². The number of benzene rings is 5. The number of imide groups is 1. The molecule has 0 N–H and O–H groups in total. The minimum Gasteiger partial charge on any atom is -0.462 e. The molecule has 1 heterocycles. The molecule has 5 aromatic rings. The first kappa shape index (κ1) is 44.3. The summed E-state index contributed by atoms with van der Waals surface area (Å²) in [6.45, 7) is 13.5. The van der Waals surface area contributed by atoms with Crippen LogP contribution < -0.4 is 0 Å². The summed E-state index contributed by atoms with van der Waals surface area (Å²) in [5.41, 5.74) is 1.63. The molecule has 0 bridgehead atoms. The maximum absolute atomic E-state index is 14.1. The molecule has 59 heavy (non-hydrogen) atoms. The van der Waals surface area contributed by atoms with Crippen LogP contribution in [-0.4, -0.2) is 66.9 Å². The van der Waals surface area contributed by atoms with Gasteiger partial charge in [0, 0.05) is 34.6 Å². The predicted octanol–water partition coefficient (Wildman–Crippen LogP) is 13.0. The van der Waals surface area contributed by atoms with Gasteiger partial charge in [0.25, 0.3) is 11.8 Å². The van der Waals surface area contributed by atoms with Crippen molar-refractivity contribution in [2.75, 3.05) is 38.2 Å². The van der Waals surface area contributed by atoms with Gasteiger partial charge in [-0.05, 0) is 106 Å². The summed E-state index contributed by atoms with van der Waals surface area (Å²) >= 11 is 0. The van der Waals surface area contributed by atoms with Crippen LogP contribution in [0.2, 0.25) is 0 Å². The second-order valence-electron chi connectivity index (χ2n) is 16.8. The molecule has 2 unspecified atom stereocenters. The zero-order chi connectivity index (χ0) is 42.3. The van der Waals surface area contributed by atoms with Gasteiger partial charge in [-0.3, -0.25) is 14.5 Å². The maximum atomic E-state index is 14.1. The molecular weight excluding hydrogens is 758 g/mol. The van der Waals surface area contributed by atoms with Crippen molar-refractivity contribution < 1.29 is 33.2 Å². The number of amides is 2. The molecule has 0 fully saturated rings. The Morgan fingerprint density at radius 3 is 1.44 bits per heavy atom. The van der Waals surface area contributed by atoms with Crippen molar-refractivity contribution in [3.63, 3.8) is 0 Å². The third kappa shape index (κ3) is 9.09. The van der Waals surface area contributed by atoms with Crippen molar-refractivity contribution in [3.8, 4) is 0 Å². The minimum absolute atomic E-state index is 0.253. The molecule has 6 rings (SSSR count). The van der Waals surface area contributed by atoms with Crippen LogP contribution in [0.4, 0.5) is 0 Å². The molecule has 0 spiro atoms. The third-order valence-corrected chi connectivity index (χ3v) is 16.6. The van der Waals surface area contributed by atoms with Gasteiger partial charge in [0.2, 0.25) is 0 Å². The molecule has 1 aliphatic rings. The molecule has 1 aliphatic heterocycles. The van der Waals surface area contributed by atoms with Crippen LogP contribution >= 0.6 is 7.14 Å².